The van der Waals surface area contributed by atoms with Crippen molar-refractivity contribution in [2.24, 2.45) is 0 Å². The first kappa shape index (κ1) is 20.2. The summed E-state index contributed by atoms with van der Waals surface area (Å²) in [6.07, 6.45) is 0. The average molecular weight is 374 g/mol. The van der Waals surface area contributed by atoms with Crippen molar-refractivity contribution in [3.63, 3.8) is 0 Å². The van der Waals surface area contributed by atoms with Crippen LogP contribution in [0.5, 0.6) is 11.5 Å². The van der Waals surface area contributed by atoms with E-state index in [2.05, 4.69) is 13.8 Å². The largest absolute Gasteiger partial charge is 0.493 e. The number of methoxy groups -OCH3 is 2. The van der Waals surface area contributed by atoms with Crippen LogP contribution in [0, 0.1) is 0 Å². The van der Waals surface area contributed by atoms with E-state index in [1.165, 1.54) is 0 Å². The van der Waals surface area contributed by atoms with Crippen molar-refractivity contribution < 1.29 is 14.3 Å². The number of carbonyl (C=O) groups is 1. The fourth-order valence-corrected chi connectivity index (χ4v) is 3.64. The fraction of sp³-hybridized carbons (Fsp3) is 0.381. The van der Waals surface area contributed by atoms with E-state index in [-0.39, 0.29) is 5.91 Å². The van der Waals surface area contributed by atoms with Crippen molar-refractivity contribution in [1.82, 2.24) is 4.90 Å². The molecule has 0 atom stereocenters. The Balaban J connectivity index is 2.25. The summed E-state index contributed by atoms with van der Waals surface area (Å²) in [5.74, 6) is 1.40. The second-order valence-electron chi connectivity index (χ2n) is 6.17. The molecule has 2 rings (SSSR count). The first-order valence-corrected chi connectivity index (χ1v) is 9.64. The van der Waals surface area contributed by atoms with Crippen molar-refractivity contribution in [1.29, 1.82) is 0 Å². The van der Waals surface area contributed by atoms with Gasteiger partial charge < -0.3 is 14.4 Å². The van der Waals surface area contributed by atoms with Crippen LogP contribution < -0.4 is 9.47 Å². The molecule has 26 heavy (non-hydrogen) atoms. The van der Waals surface area contributed by atoms with Crippen LogP contribution in [-0.2, 0) is 6.54 Å². The highest BCUT2D eigenvalue weighted by molar-refractivity contribution is 8.00. The highest BCUT2D eigenvalue weighted by Crippen LogP contribution is 2.30. The first-order valence-electron chi connectivity index (χ1n) is 8.76. The Morgan fingerprint density at radius 1 is 1.08 bits per heavy atom. The number of rotatable bonds is 8. The molecular weight excluding hydrogens is 346 g/mol. The summed E-state index contributed by atoms with van der Waals surface area (Å²) in [4.78, 5) is 16.0. The number of benzene rings is 2. The molecule has 140 valence electrons. The normalized spacial score (nSPS) is 10.7. The molecular formula is C21H27NO3S. The number of carbonyl (C=O) groups excluding carboxylic acids is 1. The molecule has 0 fully saturated rings. The molecule has 5 heteroatoms. The third kappa shape index (κ3) is 4.94. The molecule has 0 aliphatic heterocycles. The van der Waals surface area contributed by atoms with Gasteiger partial charge in [0.1, 0.15) is 0 Å². The van der Waals surface area contributed by atoms with E-state index in [0.717, 1.165) is 16.0 Å². The molecule has 0 heterocycles. The highest BCUT2D eigenvalue weighted by Gasteiger charge is 2.19. The molecule has 0 aliphatic carbocycles. The predicted octanol–water partition coefficient (Wildman–Crippen LogP) is 4.87. The van der Waals surface area contributed by atoms with E-state index < -0.39 is 0 Å². The topological polar surface area (TPSA) is 38.8 Å². The van der Waals surface area contributed by atoms with Crippen LogP contribution in [0.3, 0.4) is 0 Å². The lowest BCUT2D eigenvalue weighted by Crippen LogP contribution is -2.30. The van der Waals surface area contributed by atoms with Gasteiger partial charge in [0.2, 0.25) is 0 Å². The van der Waals surface area contributed by atoms with Gasteiger partial charge in [-0.3, -0.25) is 4.79 Å². The summed E-state index contributed by atoms with van der Waals surface area (Å²) in [6.45, 7) is 7.42. The Morgan fingerprint density at radius 2 is 1.77 bits per heavy atom. The maximum absolute atomic E-state index is 13.1. The standard InChI is InChI=1S/C21H27NO3S/c1-6-22(14-16-11-12-18(24-4)19(13-16)25-5)21(23)17-9-7-8-10-20(17)26-15(2)3/h7-13,15H,6,14H2,1-5H3. The lowest BCUT2D eigenvalue weighted by Gasteiger charge is -2.23. The average Bonchev–Trinajstić information content (AvgIpc) is 2.65. The molecule has 0 bridgehead atoms. The van der Waals surface area contributed by atoms with Crippen molar-refractivity contribution in [3.8, 4) is 11.5 Å². The summed E-state index contributed by atoms with van der Waals surface area (Å²) in [5, 5.41) is 0.421. The van der Waals surface area contributed by atoms with Crippen LogP contribution in [-0.4, -0.2) is 36.8 Å². The van der Waals surface area contributed by atoms with E-state index in [1.54, 1.807) is 26.0 Å². The molecule has 0 saturated heterocycles. The van der Waals surface area contributed by atoms with Crippen molar-refractivity contribution >= 4 is 17.7 Å². The molecule has 2 aromatic rings. The van der Waals surface area contributed by atoms with Gasteiger partial charge in [0, 0.05) is 23.2 Å². The van der Waals surface area contributed by atoms with Crippen LogP contribution in [0.2, 0.25) is 0 Å². The van der Waals surface area contributed by atoms with Crippen molar-refractivity contribution in [3.05, 3.63) is 53.6 Å². The van der Waals surface area contributed by atoms with Crippen LogP contribution in [0.25, 0.3) is 0 Å². The van der Waals surface area contributed by atoms with Gasteiger partial charge in [-0.2, -0.15) is 0 Å². The van der Waals surface area contributed by atoms with Gasteiger partial charge in [0.15, 0.2) is 11.5 Å². The highest BCUT2D eigenvalue weighted by atomic mass is 32.2. The Labute approximate surface area is 160 Å². The number of amides is 1. The molecule has 0 saturated carbocycles. The first-order chi connectivity index (χ1) is 12.5. The van der Waals surface area contributed by atoms with Gasteiger partial charge in [0.05, 0.1) is 19.8 Å². The molecule has 4 nitrogen and oxygen atoms in total. The second-order valence-corrected chi connectivity index (χ2v) is 7.79. The van der Waals surface area contributed by atoms with Crippen LogP contribution in [0.1, 0.15) is 36.7 Å². The van der Waals surface area contributed by atoms with E-state index in [4.69, 9.17) is 9.47 Å². The van der Waals surface area contributed by atoms with E-state index in [1.807, 2.05) is 54.3 Å². The van der Waals surface area contributed by atoms with E-state index in [9.17, 15) is 4.79 Å². The number of hydrogen-bond acceptors (Lipinski definition) is 4. The monoisotopic (exact) mass is 373 g/mol. The summed E-state index contributed by atoms with van der Waals surface area (Å²) in [7, 11) is 3.23. The van der Waals surface area contributed by atoms with Crippen LogP contribution >= 0.6 is 11.8 Å². The SMILES string of the molecule is CCN(Cc1ccc(OC)c(OC)c1)C(=O)c1ccccc1SC(C)C. The third-order valence-corrected chi connectivity index (χ3v) is 5.05. The minimum atomic E-state index is 0.0473. The number of thioether (sulfide) groups is 1. The number of nitrogens with zero attached hydrogens (tertiary/aromatic N) is 1. The van der Waals surface area contributed by atoms with Crippen molar-refractivity contribution in [2.45, 2.75) is 37.5 Å². The maximum atomic E-state index is 13.1. The summed E-state index contributed by atoms with van der Waals surface area (Å²) in [6, 6.07) is 13.6. The van der Waals surface area contributed by atoms with Crippen LogP contribution in [0.4, 0.5) is 0 Å². The molecule has 0 aromatic heterocycles. The van der Waals surface area contributed by atoms with Gasteiger partial charge >= 0.3 is 0 Å². The Bertz CT molecular complexity index is 746. The smallest absolute Gasteiger partial charge is 0.255 e. The van der Waals surface area contributed by atoms with Gasteiger partial charge in [-0.15, -0.1) is 11.8 Å². The summed E-state index contributed by atoms with van der Waals surface area (Å²) < 4.78 is 10.7. The fourth-order valence-electron chi connectivity index (χ4n) is 2.70. The Hall–Kier alpha value is -2.14. The molecule has 0 unspecified atom stereocenters. The van der Waals surface area contributed by atoms with Gasteiger partial charge in [-0.25, -0.2) is 0 Å². The van der Waals surface area contributed by atoms with Crippen molar-refractivity contribution in [2.75, 3.05) is 20.8 Å². The predicted molar refractivity (Wildman–Crippen MR) is 107 cm³/mol. The molecule has 0 radical (unpaired) electrons. The van der Waals surface area contributed by atoms with Gasteiger partial charge in [0.25, 0.3) is 5.91 Å². The zero-order valence-corrected chi connectivity index (χ0v) is 16.9. The maximum Gasteiger partial charge on any atom is 0.255 e. The summed E-state index contributed by atoms with van der Waals surface area (Å²) >= 11 is 1.71. The van der Waals surface area contributed by atoms with Crippen LogP contribution in [0.15, 0.2) is 47.4 Å². The molecule has 0 N–H and O–H groups in total. The lowest BCUT2D eigenvalue weighted by atomic mass is 10.1. The number of ether oxygens (including phenoxy) is 2. The van der Waals surface area contributed by atoms with E-state index in [0.29, 0.717) is 29.8 Å². The zero-order valence-electron chi connectivity index (χ0n) is 16.1. The second kappa shape index (κ2) is 9.53. The molecule has 2 aromatic carbocycles. The Kier molecular flexibility index (Phi) is 7.39. The molecule has 0 aliphatic rings. The minimum absolute atomic E-state index is 0.0473. The Morgan fingerprint density at radius 3 is 2.38 bits per heavy atom. The van der Waals surface area contributed by atoms with E-state index >= 15 is 0 Å². The molecule has 1 amide bonds. The quantitative estimate of drug-likeness (QED) is 0.619. The number of hydrogen-bond donors (Lipinski definition) is 0. The summed E-state index contributed by atoms with van der Waals surface area (Å²) in [5.41, 5.74) is 1.76. The third-order valence-electron chi connectivity index (χ3n) is 3.97. The van der Waals surface area contributed by atoms with Gasteiger partial charge in [-0.1, -0.05) is 32.0 Å². The minimum Gasteiger partial charge on any atom is -0.493 e. The lowest BCUT2D eigenvalue weighted by molar-refractivity contribution is 0.0749. The van der Waals surface area contributed by atoms with Gasteiger partial charge in [-0.05, 0) is 36.8 Å². The molecule has 0 spiro atoms. The zero-order chi connectivity index (χ0) is 19.1.